The summed E-state index contributed by atoms with van der Waals surface area (Å²) in [7, 11) is 0. The molecule has 266 valence electrons. The Kier molecular flexibility index (Phi) is 7.13. The summed E-state index contributed by atoms with van der Waals surface area (Å²) in [5.41, 5.74) is 14.5. The zero-order valence-corrected chi connectivity index (χ0v) is 31.7. The fourth-order valence-electron chi connectivity index (χ4n) is 8.99. The Morgan fingerprint density at radius 2 is 0.684 bits per heavy atom. The maximum Gasteiger partial charge on any atom is 0.0555 e. The van der Waals surface area contributed by atoms with Crippen molar-refractivity contribution >= 4 is 75.1 Å². The van der Waals surface area contributed by atoms with Crippen molar-refractivity contribution in [2.24, 2.45) is 0 Å². The summed E-state index contributed by atoms with van der Waals surface area (Å²) in [6.45, 7) is 0. The van der Waals surface area contributed by atoms with Crippen LogP contribution in [0.2, 0.25) is 0 Å². The molecule has 0 saturated heterocycles. The van der Waals surface area contributed by atoms with Gasteiger partial charge >= 0.3 is 0 Å². The number of benzene rings is 9. The first-order chi connectivity index (χ1) is 28.2. The van der Waals surface area contributed by atoms with Crippen molar-refractivity contribution in [1.82, 2.24) is 9.13 Å². The number of aromatic nitrogens is 2. The number of nitrogens with zero attached hydrogens (tertiary/aromatic N) is 2. The Hall–Kier alpha value is -7.20. The standard InChI is InChI=1S/C54H34N2S/c1-2-10-35(11-3-1)40-26-31-45-43-12-4-7-15-49(43)55(51(45)32-40)41-27-22-38(23-28-41)36-18-20-37(21-19-36)39-24-29-42(30-25-39)56-50-16-8-5-13-44(50)47-33-48-46-14-6-9-17-53(46)57-54(48)34-52(47)56/h1-34H. The predicted octanol–water partition coefficient (Wildman–Crippen LogP) is 15.2. The van der Waals surface area contributed by atoms with Crippen LogP contribution in [-0.2, 0) is 0 Å². The molecular weight excluding hydrogens is 709 g/mol. The van der Waals surface area contributed by atoms with Gasteiger partial charge in [-0.3, -0.25) is 0 Å². The highest BCUT2D eigenvalue weighted by Crippen LogP contribution is 2.41. The Morgan fingerprint density at radius 1 is 0.246 bits per heavy atom. The van der Waals surface area contributed by atoms with Crippen molar-refractivity contribution < 1.29 is 0 Å². The van der Waals surface area contributed by atoms with Gasteiger partial charge in [-0.15, -0.1) is 11.3 Å². The van der Waals surface area contributed by atoms with E-state index in [4.69, 9.17) is 0 Å². The molecule has 0 aliphatic rings. The zero-order valence-electron chi connectivity index (χ0n) is 30.9. The van der Waals surface area contributed by atoms with Gasteiger partial charge in [0, 0.05) is 53.1 Å². The lowest BCUT2D eigenvalue weighted by Gasteiger charge is -2.11. The average Bonchev–Trinajstić information content (AvgIpc) is 3.93. The van der Waals surface area contributed by atoms with E-state index in [1.54, 1.807) is 0 Å². The maximum absolute atomic E-state index is 2.42. The third kappa shape index (κ3) is 5.10. The van der Waals surface area contributed by atoms with Crippen LogP contribution in [0.1, 0.15) is 0 Å². The van der Waals surface area contributed by atoms with Gasteiger partial charge in [-0.2, -0.15) is 0 Å². The minimum absolute atomic E-state index is 1.16. The van der Waals surface area contributed by atoms with E-state index in [2.05, 4.69) is 215 Å². The van der Waals surface area contributed by atoms with Crippen LogP contribution in [0.4, 0.5) is 0 Å². The smallest absolute Gasteiger partial charge is 0.0555 e. The van der Waals surface area contributed by atoms with E-state index in [-0.39, 0.29) is 0 Å². The van der Waals surface area contributed by atoms with Gasteiger partial charge in [0.25, 0.3) is 0 Å². The summed E-state index contributed by atoms with van der Waals surface area (Å²) >= 11 is 1.88. The number of para-hydroxylation sites is 2. The SMILES string of the molecule is c1ccc(-c2ccc3c4ccccc4n(-c4ccc(-c5ccc(-c6ccc(-n7c8ccccc8c8cc9c(cc87)sc7ccccc79)cc6)cc5)cc4)c3c2)cc1. The number of hydrogen-bond acceptors (Lipinski definition) is 1. The van der Waals surface area contributed by atoms with Crippen LogP contribution in [0.25, 0.3) is 109 Å². The minimum atomic E-state index is 1.16. The molecule has 57 heavy (non-hydrogen) atoms. The average molecular weight is 743 g/mol. The minimum Gasteiger partial charge on any atom is -0.309 e. The molecule has 0 aliphatic heterocycles. The summed E-state index contributed by atoms with van der Waals surface area (Å²) in [5.74, 6) is 0. The van der Waals surface area contributed by atoms with Crippen molar-refractivity contribution in [2.45, 2.75) is 0 Å². The van der Waals surface area contributed by atoms with Crippen LogP contribution in [0.15, 0.2) is 206 Å². The first-order valence-electron chi connectivity index (χ1n) is 19.5. The number of thiophene rings is 1. The Labute approximate surface area is 333 Å². The van der Waals surface area contributed by atoms with Crippen molar-refractivity contribution in [3.05, 3.63) is 206 Å². The molecule has 0 atom stereocenters. The number of rotatable bonds is 5. The summed E-state index contributed by atoms with van der Waals surface area (Å²) in [4.78, 5) is 0. The molecule has 0 N–H and O–H groups in total. The molecule has 0 amide bonds. The molecule has 9 aromatic carbocycles. The lowest BCUT2D eigenvalue weighted by Crippen LogP contribution is -1.94. The second kappa shape index (κ2) is 12.7. The van der Waals surface area contributed by atoms with E-state index in [1.165, 1.54) is 103 Å². The third-order valence-electron chi connectivity index (χ3n) is 11.8. The highest BCUT2D eigenvalue weighted by atomic mass is 32.1. The van der Waals surface area contributed by atoms with Crippen molar-refractivity contribution in [3.63, 3.8) is 0 Å². The van der Waals surface area contributed by atoms with Crippen molar-refractivity contribution in [2.75, 3.05) is 0 Å². The van der Waals surface area contributed by atoms with Crippen LogP contribution in [0.3, 0.4) is 0 Å². The monoisotopic (exact) mass is 742 g/mol. The second-order valence-electron chi connectivity index (χ2n) is 14.9. The Bertz CT molecular complexity index is 3470. The van der Waals surface area contributed by atoms with Crippen LogP contribution < -0.4 is 0 Å². The summed E-state index contributed by atoms with van der Waals surface area (Å²) in [5, 5.41) is 7.78. The second-order valence-corrected chi connectivity index (χ2v) is 16.0. The molecule has 3 heteroatoms. The fraction of sp³-hybridized carbons (Fsp3) is 0. The first-order valence-corrected chi connectivity index (χ1v) is 20.3. The summed E-state index contributed by atoms with van der Waals surface area (Å²) in [6.07, 6.45) is 0. The molecule has 3 aromatic heterocycles. The highest BCUT2D eigenvalue weighted by Gasteiger charge is 2.16. The number of fused-ring (bicyclic) bond motifs is 9. The summed E-state index contributed by atoms with van der Waals surface area (Å²) in [6, 6.07) is 75.6. The number of hydrogen-bond donors (Lipinski definition) is 0. The maximum atomic E-state index is 2.42. The van der Waals surface area contributed by atoms with Gasteiger partial charge in [0.1, 0.15) is 0 Å². The molecule has 0 bridgehead atoms. The lowest BCUT2D eigenvalue weighted by atomic mass is 10.00. The molecule has 12 rings (SSSR count). The molecule has 0 saturated carbocycles. The normalized spacial score (nSPS) is 11.9. The molecular formula is C54H34N2S. The molecule has 0 unspecified atom stereocenters. The van der Waals surface area contributed by atoms with E-state index in [0.29, 0.717) is 0 Å². The van der Waals surface area contributed by atoms with Crippen molar-refractivity contribution in [1.29, 1.82) is 0 Å². The van der Waals surface area contributed by atoms with E-state index in [9.17, 15) is 0 Å². The summed E-state index contributed by atoms with van der Waals surface area (Å²) < 4.78 is 7.48. The van der Waals surface area contributed by atoms with Gasteiger partial charge in [-0.05, 0) is 94.0 Å². The molecule has 12 aromatic rings. The van der Waals surface area contributed by atoms with Gasteiger partial charge < -0.3 is 9.13 Å². The highest BCUT2D eigenvalue weighted by molar-refractivity contribution is 7.25. The molecule has 2 nitrogen and oxygen atoms in total. The molecule has 0 aliphatic carbocycles. The molecule has 0 radical (unpaired) electrons. The van der Waals surface area contributed by atoms with E-state index < -0.39 is 0 Å². The topological polar surface area (TPSA) is 9.86 Å². The van der Waals surface area contributed by atoms with Crippen LogP contribution in [0, 0.1) is 0 Å². The van der Waals surface area contributed by atoms with Gasteiger partial charge in [0.05, 0.1) is 22.1 Å². The van der Waals surface area contributed by atoms with Crippen molar-refractivity contribution in [3.8, 4) is 44.8 Å². The van der Waals surface area contributed by atoms with Crippen LogP contribution in [-0.4, -0.2) is 9.13 Å². The van der Waals surface area contributed by atoms with E-state index in [1.807, 2.05) is 11.3 Å². The Morgan fingerprint density at radius 3 is 1.30 bits per heavy atom. The quantitative estimate of drug-likeness (QED) is 0.166. The third-order valence-corrected chi connectivity index (χ3v) is 12.9. The van der Waals surface area contributed by atoms with Gasteiger partial charge in [0.15, 0.2) is 0 Å². The van der Waals surface area contributed by atoms with Crippen LogP contribution in [0.5, 0.6) is 0 Å². The predicted molar refractivity (Wildman–Crippen MR) is 244 cm³/mol. The van der Waals surface area contributed by atoms with Crippen LogP contribution >= 0.6 is 11.3 Å². The van der Waals surface area contributed by atoms with Gasteiger partial charge in [-0.25, -0.2) is 0 Å². The zero-order chi connectivity index (χ0) is 37.5. The Balaban J connectivity index is 0.864. The van der Waals surface area contributed by atoms with E-state index >= 15 is 0 Å². The lowest BCUT2D eigenvalue weighted by molar-refractivity contribution is 1.18. The molecule has 3 heterocycles. The molecule has 0 fully saturated rings. The first kappa shape index (κ1) is 32.1. The van der Waals surface area contributed by atoms with Gasteiger partial charge in [-0.1, -0.05) is 146 Å². The molecule has 0 spiro atoms. The largest absolute Gasteiger partial charge is 0.309 e. The van der Waals surface area contributed by atoms with E-state index in [0.717, 1.165) is 5.69 Å². The fourth-order valence-corrected chi connectivity index (χ4v) is 10.1. The van der Waals surface area contributed by atoms with Gasteiger partial charge in [0.2, 0.25) is 0 Å².